The highest BCUT2D eigenvalue weighted by Gasteiger charge is 2.54. The summed E-state index contributed by atoms with van der Waals surface area (Å²) in [5.41, 5.74) is 8.12. The van der Waals surface area contributed by atoms with Gasteiger partial charge in [-0.15, -0.1) is 0 Å². The second kappa shape index (κ2) is 3.08. The van der Waals surface area contributed by atoms with Crippen LogP contribution in [0.5, 0.6) is 0 Å². The van der Waals surface area contributed by atoms with E-state index in [2.05, 4.69) is 37.3 Å². The van der Waals surface area contributed by atoms with E-state index in [0.29, 0.717) is 6.04 Å². The van der Waals surface area contributed by atoms with Gasteiger partial charge in [0.25, 0.3) is 0 Å². The van der Waals surface area contributed by atoms with Gasteiger partial charge in [0.2, 0.25) is 0 Å². The van der Waals surface area contributed by atoms with Gasteiger partial charge in [0, 0.05) is 11.5 Å². The highest BCUT2D eigenvalue weighted by Crippen LogP contribution is 2.55. The van der Waals surface area contributed by atoms with Crippen molar-refractivity contribution in [2.75, 3.05) is 0 Å². The third kappa shape index (κ3) is 1.13. The molecular weight excluding hydrogens is 182 g/mol. The van der Waals surface area contributed by atoms with Crippen LogP contribution in [0, 0.1) is 11.8 Å². The molecule has 1 nitrogen and oxygen atoms in total. The zero-order chi connectivity index (χ0) is 10.5. The fourth-order valence-electron chi connectivity index (χ4n) is 3.87. The van der Waals surface area contributed by atoms with E-state index in [1.165, 1.54) is 24.8 Å². The van der Waals surface area contributed by atoms with Gasteiger partial charge in [-0.2, -0.15) is 0 Å². The molecule has 2 aliphatic carbocycles. The second-order valence-electron chi connectivity index (χ2n) is 5.44. The number of hydrogen-bond donors (Lipinski definition) is 1. The summed E-state index contributed by atoms with van der Waals surface area (Å²) in [6.45, 7) is 2.37. The van der Waals surface area contributed by atoms with Crippen LogP contribution in [0.15, 0.2) is 30.3 Å². The summed E-state index contributed by atoms with van der Waals surface area (Å²) >= 11 is 0. The van der Waals surface area contributed by atoms with E-state index >= 15 is 0 Å². The molecule has 1 aromatic rings. The Kier molecular flexibility index (Phi) is 1.93. The molecule has 1 unspecified atom stereocenters. The molecule has 3 rings (SSSR count). The molecule has 2 bridgehead atoms. The molecule has 0 spiro atoms. The first kappa shape index (κ1) is 9.41. The highest BCUT2D eigenvalue weighted by molar-refractivity contribution is 5.32. The third-order valence-corrected chi connectivity index (χ3v) is 4.92. The molecule has 4 atom stereocenters. The minimum Gasteiger partial charge on any atom is -0.327 e. The lowest BCUT2D eigenvalue weighted by atomic mass is 9.67. The van der Waals surface area contributed by atoms with Crippen LogP contribution < -0.4 is 5.73 Å². The first-order valence-electron chi connectivity index (χ1n) is 6.04. The largest absolute Gasteiger partial charge is 0.327 e. The molecule has 1 heteroatoms. The van der Waals surface area contributed by atoms with Gasteiger partial charge >= 0.3 is 0 Å². The lowest BCUT2D eigenvalue weighted by Gasteiger charge is -2.39. The molecular formula is C14H19N. The van der Waals surface area contributed by atoms with Crippen molar-refractivity contribution < 1.29 is 0 Å². The molecule has 15 heavy (non-hydrogen) atoms. The van der Waals surface area contributed by atoms with E-state index in [9.17, 15) is 0 Å². The lowest BCUT2D eigenvalue weighted by molar-refractivity contribution is 0.252. The van der Waals surface area contributed by atoms with Crippen LogP contribution >= 0.6 is 0 Å². The zero-order valence-electron chi connectivity index (χ0n) is 9.32. The summed E-state index contributed by atoms with van der Waals surface area (Å²) in [6, 6.07) is 11.2. The molecule has 80 valence electrons. The Labute approximate surface area is 91.7 Å². The highest BCUT2D eigenvalue weighted by atomic mass is 14.8. The minimum absolute atomic E-state index is 0.240. The monoisotopic (exact) mass is 201 g/mol. The lowest BCUT2D eigenvalue weighted by Crippen LogP contribution is -2.47. The normalized spacial score (nSPS) is 43.5. The first-order valence-corrected chi connectivity index (χ1v) is 6.04. The summed E-state index contributed by atoms with van der Waals surface area (Å²) in [6.07, 6.45) is 4.09. The summed E-state index contributed by atoms with van der Waals surface area (Å²) in [4.78, 5) is 0. The standard InChI is InChI=1S/C14H19N/c1-14(11-5-3-2-4-6-11)12-8-7-10(9-12)13(14)15/h2-6,10,12-13H,7-9,15H2,1H3/t10-,12+,13?,14-/m1/s1. The third-order valence-electron chi connectivity index (χ3n) is 4.92. The zero-order valence-corrected chi connectivity index (χ0v) is 9.32. The number of rotatable bonds is 1. The van der Waals surface area contributed by atoms with Crippen molar-refractivity contribution >= 4 is 0 Å². The Bertz CT molecular complexity index is 355. The van der Waals surface area contributed by atoms with Crippen LogP contribution in [-0.4, -0.2) is 6.04 Å². The topological polar surface area (TPSA) is 26.0 Å². The number of nitrogens with two attached hydrogens (primary N) is 1. The number of hydrogen-bond acceptors (Lipinski definition) is 1. The number of fused-ring (bicyclic) bond motifs is 2. The van der Waals surface area contributed by atoms with Gasteiger partial charge in [0.15, 0.2) is 0 Å². The van der Waals surface area contributed by atoms with Crippen LogP contribution in [0.2, 0.25) is 0 Å². The fourth-order valence-corrected chi connectivity index (χ4v) is 3.87. The quantitative estimate of drug-likeness (QED) is 0.742. The van der Waals surface area contributed by atoms with E-state index in [4.69, 9.17) is 5.73 Å². The average molecular weight is 201 g/mol. The van der Waals surface area contributed by atoms with Crippen molar-refractivity contribution in [2.24, 2.45) is 17.6 Å². The molecule has 2 aliphatic rings. The van der Waals surface area contributed by atoms with E-state index in [1.54, 1.807) is 0 Å². The first-order chi connectivity index (χ1) is 7.23. The van der Waals surface area contributed by atoms with Crippen molar-refractivity contribution in [3.05, 3.63) is 35.9 Å². The Morgan fingerprint density at radius 1 is 1.20 bits per heavy atom. The molecule has 0 aliphatic heterocycles. The molecule has 0 aromatic heterocycles. The van der Waals surface area contributed by atoms with Crippen LogP contribution in [0.25, 0.3) is 0 Å². The van der Waals surface area contributed by atoms with Crippen molar-refractivity contribution in [2.45, 2.75) is 37.6 Å². The maximum Gasteiger partial charge on any atom is 0.0165 e. The maximum atomic E-state index is 6.43. The minimum atomic E-state index is 0.240. The fraction of sp³-hybridized carbons (Fsp3) is 0.571. The molecule has 0 saturated heterocycles. The summed E-state index contributed by atoms with van der Waals surface area (Å²) in [5.74, 6) is 1.60. The molecule has 0 radical (unpaired) electrons. The van der Waals surface area contributed by atoms with E-state index in [1.807, 2.05) is 0 Å². The van der Waals surface area contributed by atoms with Crippen LogP contribution in [-0.2, 0) is 5.41 Å². The van der Waals surface area contributed by atoms with Gasteiger partial charge < -0.3 is 5.73 Å². The predicted molar refractivity (Wildman–Crippen MR) is 62.6 cm³/mol. The average Bonchev–Trinajstić information content (AvgIpc) is 2.84. The molecule has 2 fully saturated rings. The van der Waals surface area contributed by atoms with Crippen LogP contribution in [0.3, 0.4) is 0 Å². The van der Waals surface area contributed by atoms with Crippen LogP contribution in [0.1, 0.15) is 31.7 Å². The van der Waals surface area contributed by atoms with Gasteiger partial charge in [-0.05, 0) is 36.7 Å². The van der Waals surface area contributed by atoms with Gasteiger partial charge in [0.1, 0.15) is 0 Å². The van der Waals surface area contributed by atoms with Gasteiger partial charge in [-0.1, -0.05) is 37.3 Å². The molecule has 0 heterocycles. The van der Waals surface area contributed by atoms with E-state index < -0.39 is 0 Å². The SMILES string of the molecule is C[C@]1(c2ccccc2)C(N)[C@@H]2CC[C@H]1C2. The van der Waals surface area contributed by atoms with Gasteiger partial charge in [0.05, 0.1) is 0 Å². The van der Waals surface area contributed by atoms with Crippen molar-refractivity contribution in [3.8, 4) is 0 Å². The van der Waals surface area contributed by atoms with Gasteiger partial charge in [-0.25, -0.2) is 0 Å². The number of benzene rings is 1. The summed E-state index contributed by atoms with van der Waals surface area (Å²) < 4.78 is 0. The molecule has 0 amide bonds. The van der Waals surface area contributed by atoms with Crippen molar-refractivity contribution in [1.29, 1.82) is 0 Å². The summed E-state index contributed by atoms with van der Waals surface area (Å²) in [7, 11) is 0. The van der Waals surface area contributed by atoms with Crippen molar-refractivity contribution in [1.82, 2.24) is 0 Å². The van der Waals surface area contributed by atoms with E-state index in [-0.39, 0.29) is 5.41 Å². The maximum absolute atomic E-state index is 6.43. The smallest absolute Gasteiger partial charge is 0.0165 e. The van der Waals surface area contributed by atoms with E-state index in [0.717, 1.165) is 11.8 Å². The Hall–Kier alpha value is -0.820. The predicted octanol–water partition coefficient (Wildman–Crippen LogP) is 2.70. The Balaban J connectivity index is 2.04. The Morgan fingerprint density at radius 3 is 2.53 bits per heavy atom. The van der Waals surface area contributed by atoms with Crippen LogP contribution in [0.4, 0.5) is 0 Å². The molecule has 2 saturated carbocycles. The molecule has 1 aromatic carbocycles. The van der Waals surface area contributed by atoms with Crippen molar-refractivity contribution in [3.63, 3.8) is 0 Å². The second-order valence-corrected chi connectivity index (χ2v) is 5.44. The molecule has 2 N–H and O–H groups in total. The summed E-state index contributed by atoms with van der Waals surface area (Å²) in [5, 5.41) is 0. The Morgan fingerprint density at radius 2 is 1.93 bits per heavy atom. The van der Waals surface area contributed by atoms with Gasteiger partial charge in [-0.3, -0.25) is 0 Å².